The number of fused-ring (bicyclic) bond motifs is 4. The van der Waals surface area contributed by atoms with Crippen LogP contribution >= 0.6 is 0 Å². The highest BCUT2D eigenvalue weighted by Crippen LogP contribution is 2.53. The highest BCUT2D eigenvalue weighted by Gasteiger charge is 2.76. The maximum absolute atomic E-state index is 15.3. The molecule has 0 radical (unpaired) electrons. The Morgan fingerprint density at radius 1 is 0.838 bits per heavy atom. The Balaban J connectivity index is 1.83. The number of imidazole rings is 1. The molecule has 1 spiro atoms. The molecule has 0 unspecified atom stereocenters. The second kappa shape index (κ2) is 6.14. The van der Waals surface area contributed by atoms with Crippen molar-refractivity contribution < 1.29 is 44.3 Å². The van der Waals surface area contributed by atoms with E-state index in [-0.39, 0.29) is 22.6 Å². The summed E-state index contributed by atoms with van der Waals surface area (Å²) in [6.45, 7) is 3.50. The summed E-state index contributed by atoms with van der Waals surface area (Å²) in [5.74, 6) is -4.68. The van der Waals surface area contributed by atoms with Crippen LogP contribution in [0.1, 0.15) is 48.0 Å². The number of pyridine rings is 3. The summed E-state index contributed by atoms with van der Waals surface area (Å²) in [6.07, 6.45) is -10.6. The van der Waals surface area contributed by atoms with Gasteiger partial charge in [0.05, 0.1) is 0 Å². The topological polar surface area (TPSA) is 38.5 Å². The Morgan fingerprint density at radius 2 is 1.49 bits per heavy atom. The van der Waals surface area contributed by atoms with Gasteiger partial charge in [0.2, 0.25) is 29.0 Å². The van der Waals surface area contributed by atoms with Crippen molar-refractivity contribution in [2.75, 3.05) is 0 Å². The molecule has 1 atom stereocenters. The van der Waals surface area contributed by atoms with Crippen LogP contribution in [0.4, 0.5) is 35.1 Å². The fourth-order valence-corrected chi connectivity index (χ4v) is 6.21. The van der Waals surface area contributed by atoms with Crippen molar-refractivity contribution in [2.24, 2.45) is 0 Å². The van der Waals surface area contributed by atoms with Crippen LogP contribution in [0.15, 0.2) is 42.5 Å². The van der Waals surface area contributed by atoms with Gasteiger partial charge in [0, 0.05) is 24.3 Å². The van der Waals surface area contributed by atoms with Gasteiger partial charge < -0.3 is 0 Å². The minimum atomic E-state index is -5.33. The number of nitrogens with zero attached hydrogens (tertiary/aromatic N) is 5. The van der Waals surface area contributed by atoms with Gasteiger partial charge in [0.15, 0.2) is 0 Å². The number of alkyl halides is 6. The molecule has 37 heavy (non-hydrogen) atoms. The van der Waals surface area contributed by atoms with Gasteiger partial charge in [0.1, 0.15) is 22.2 Å². The van der Waals surface area contributed by atoms with Gasteiger partial charge in [-0.05, 0) is 26.0 Å². The third-order valence-electron chi connectivity index (χ3n) is 7.42. The summed E-state index contributed by atoms with van der Waals surface area (Å²) >= 11 is 0. The third kappa shape index (κ3) is 2.31. The van der Waals surface area contributed by atoms with Crippen molar-refractivity contribution in [1.82, 2.24) is 14.5 Å². The Labute approximate surface area is 202 Å². The lowest BCUT2D eigenvalue weighted by Crippen LogP contribution is -2.79. The van der Waals surface area contributed by atoms with E-state index in [0.717, 1.165) is 6.07 Å². The Morgan fingerprint density at radius 3 is 2.14 bits per heavy atom. The Kier molecular flexibility index (Phi) is 3.70. The van der Waals surface area contributed by atoms with Gasteiger partial charge in [-0.3, -0.25) is 0 Å². The second-order valence-electron chi connectivity index (χ2n) is 9.66. The number of hydrogen-bond donors (Lipinski definition) is 0. The summed E-state index contributed by atoms with van der Waals surface area (Å²) in [6, 6.07) is 9.60. The molecule has 13 heteroatoms. The van der Waals surface area contributed by atoms with Crippen LogP contribution < -0.4 is 9.13 Å². The van der Waals surface area contributed by atoms with Crippen molar-refractivity contribution in [3.63, 3.8) is 0 Å². The van der Waals surface area contributed by atoms with Crippen LogP contribution in [0.25, 0.3) is 17.1 Å². The first-order chi connectivity index (χ1) is 17.2. The molecule has 188 valence electrons. The molecule has 0 aromatic carbocycles. The van der Waals surface area contributed by atoms with Crippen LogP contribution in [0.5, 0.6) is 0 Å². The molecule has 7 rings (SSSR count). The van der Waals surface area contributed by atoms with Crippen LogP contribution in [0, 0.1) is 11.9 Å². The molecule has 4 aromatic rings. The van der Waals surface area contributed by atoms with E-state index in [0.29, 0.717) is 16.0 Å². The van der Waals surface area contributed by atoms with Crippen LogP contribution in [-0.2, 0) is 23.4 Å². The first-order valence-corrected chi connectivity index (χ1v) is 11.0. The molecule has 0 N–H and O–H groups in total. The molecule has 3 aliphatic heterocycles. The summed E-state index contributed by atoms with van der Waals surface area (Å²) in [5.41, 5.74) is -5.75. The standard InChI is InChI=1S/C24H13F8N5/c1-21(2)12-6-3-5-11-16-10(9-14(25)33-19(16)26)22(36(11)12)18-17(23(27,28)29)34-20(24(30,31)32)35(18)15-8-4-7-13(21)37(15)22/h3-9H,1-2H3/q+2/t22-/m0/s1. The van der Waals surface area contributed by atoms with Crippen LogP contribution in [-0.4, -0.2) is 14.5 Å². The summed E-state index contributed by atoms with van der Waals surface area (Å²) in [4.78, 5) is 6.28. The summed E-state index contributed by atoms with van der Waals surface area (Å²) < 4.78 is 119. The zero-order valence-electron chi connectivity index (χ0n) is 18.8. The molecular formula is C24H13F8N5+2. The van der Waals surface area contributed by atoms with Crippen molar-refractivity contribution in [1.29, 1.82) is 0 Å². The van der Waals surface area contributed by atoms with Gasteiger partial charge >= 0.3 is 23.8 Å². The molecule has 7 heterocycles. The molecule has 3 aliphatic rings. The first kappa shape index (κ1) is 22.3. The number of hydrogen-bond acceptors (Lipinski definition) is 2. The van der Waals surface area contributed by atoms with Crippen molar-refractivity contribution in [3.8, 4) is 17.1 Å². The summed E-state index contributed by atoms with van der Waals surface area (Å²) in [5, 5.41) is 0. The fourth-order valence-electron chi connectivity index (χ4n) is 6.21. The second-order valence-corrected chi connectivity index (χ2v) is 9.66. The fraction of sp³-hybridized carbons (Fsp3) is 0.250. The lowest BCUT2D eigenvalue weighted by molar-refractivity contribution is -0.972. The molecule has 0 fully saturated rings. The molecule has 0 aliphatic carbocycles. The van der Waals surface area contributed by atoms with Gasteiger partial charge in [-0.25, -0.2) is 0 Å². The van der Waals surface area contributed by atoms with Gasteiger partial charge in [-0.2, -0.15) is 54.2 Å². The number of halogens is 8. The molecule has 0 saturated carbocycles. The molecule has 0 saturated heterocycles. The largest absolute Gasteiger partial charge is 0.473 e. The Bertz CT molecular complexity index is 1720. The molecular weight excluding hydrogens is 510 g/mol. The van der Waals surface area contributed by atoms with E-state index in [1.807, 2.05) is 0 Å². The minimum Gasteiger partial charge on any atom is -0.195 e. The van der Waals surface area contributed by atoms with Crippen LogP contribution in [0.2, 0.25) is 0 Å². The smallest absolute Gasteiger partial charge is 0.195 e. The maximum atomic E-state index is 15.3. The molecule has 5 nitrogen and oxygen atoms in total. The zero-order chi connectivity index (χ0) is 26.4. The van der Waals surface area contributed by atoms with E-state index in [9.17, 15) is 30.7 Å². The van der Waals surface area contributed by atoms with Gasteiger partial charge in [-0.1, -0.05) is 6.07 Å². The third-order valence-corrected chi connectivity index (χ3v) is 7.42. The van der Waals surface area contributed by atoms with Crippen molar-refractivity contribution >= 4 is 0 Å². The molecule has 0 amide bonds. The van der Waals surface area contributed by atoms with Crippen molar-refractivity contribution in [3.05, 3.63) is 88.5 Å². The van der Waals surface area contributed by atoms with E-state index >= 15 is 4.39 Å². The monoisotopic (exact) mass is 523 g/mol. The highest BCUT2D eigenvalue weighted by atomic mass is 19.4. The molecule has 4 aromatic heterocycles. The average molecular weight is 523 g/mol. The number of aromatic nitrogens is 5. The normalized spacial score (nSPS) is 19.9. The Hall–Kier alpha value is -3.90. The molecule has 0 bridgehead atoms. The predicted octanol–water partition coefficient (Wildman–Crippen LogP) is 4.39. The lowest BCUT2D eigenvalue weighted by atomic mass is 9.79. The highest BCUT2D eigenvalue weighted by molar-refractivity contribution is 5.68. The van der Waals surface area contributed by atoms with E-state index in [1.165, 1.54) is 27.3 Å². The van der Waals surface area contributed by atoms with Crippen LogP contribution in [0.3, 0.4) is 0 Å². The average Bonchev–Trinajstić information content (AvgIpc) is 3.41. The minimum absolute atomic E-state index is 0.0508. The van der Waals surface area contributed by atoms with E-state index in [4.69, 9.17) is 0 Å². The van der Waals surface area contributed by atoms with E-state index in [2.05, 4.69) is 9.97 Å². The quantitative estimate of drug-likeness (QED) is 0.168. The first-order valence-electron chi connectivity index (χ1n) is 11.0. The summed E-state index contributed by atoms with van der Waals surface area (Å²) in [7, 11) is 0. The lowest BCUT2D eigenvalue weighted by Gasteiger charge is -2.33. The SMILES string of the molecule is CC1(C)c2cccc3[n+]2[C@]2(c4cc(F)nc(F)c4-3)c3c(C(F)(F)F)nc(C(F)(F)F)n3-c3cccc1[n+]32. The van der Waals surface area contributed by atoms with E-state index in [1.54, 1.807) is 32.0 Å². The van der Waals surface area contributed by atoms with Gasteiger partial charge in [0.25, 0.3) is 11.5 Å². The van der Waals surface area contributed by atoms with E-state index < -0.39 is 52.5 Å². The number of rotatable bonds is 0. The maximum Gasteiger partial charge on any atom is 0.473 e. The zero-order valence-corrected chi connectivity index (χ0v) is 18.8. The van der Waals surface area contributed by atoms with Gasteiger partial charge in [-0.15, -0.1) is 4.57 Å². The predicted molar refractivity (Wildman–Crippen MR) is 107 cm³/mol. The van der Waals surface area contributed by atoms with Crippen molar-refractivity contribution in [2.45, 2.75) is 37.3 Å².